The van der Waals surface area contributed by atoms with Crippen LogP contribution in [0.2, 0.25) is 0 Å². The fourth-order valence-corrected chi connectivity index (χ4v) is 4.22. The smallest absolute Gasteiger partial charge is 0.225 e. The number of nitriles is 1. The van der Waals surface area contributed by atoms with Crippen molar-refractivity contribution in [1.82, 2.24) is 14.8 Å². The number of pyridine rings is 1. The molecule has 0 radical (unpaired) electrons. The number of amides is 1. The predicted octanol–water partition coefficient (Wildman–Crippen LogP) is 2.11. The Kier molecular flexibility index (Phi) is 5.77. The second-order valence-electron chi connectivity index (χ2n) is 7.74. The molecule has 0 spiro atoms. The van der Waals surface area contributed by atoms with Crippen LogP contribution in [0.4, 0.5) is 5.69 Å². The van der Waals surface area contributed by atoms with E-state index in [9.17, 15) is 4.79 Å². The number of hydrogen-bond donors (Lipinski definition) is 0. The number of piperazine rings is 1. The van der Waals surface area contributed by atoms with Crippen molar-refractivity contribution >= 4 is 11.6 Å². The molecule has 0 bridgehead atoms. The monoisotopic (exact) mass is 355 g/mol. The van der Waals surface area contributed by atoms with E-state index in [1.54, 1.807) is 12.3 Å². The first-order chi connectivity index (χ1) is 12.5. The molecule has 0 N–H and O–H groups in total. The van der Waals surface area contributed by atoms with Crippen molar-refractivity contribution in [1.29, 1.82) is 5.26 Å². The van der Waals surface area contributed by atoms with Crippen molar-refractivity contribution in [2.75, 3.05) is 37.6 Å². The van der Waals surface area contributed by atoms with Crippen molar-refractivity contribution in [2.24, 2.45) is 5.92 Å². The summed E-state index contributed by atoms with van der Waals surface area (Å²) in [5, 5.41) is 8.85. The standard InChI is InChI=1S/C20H29N5O/c1-15(2)25-11-10-24(14-16(25)3)20(26)17-6-8-23(9-7-17)19-5-4-18(12-21)22-13-19/h4-5,13,15-17H,6-11,14H2,1-3H3. The molecule has 1 aromatic rings. The molecular formula is C20H29N5O. The number of rotatable bonds is 3. The zero-order valence-corrected chi connectivity index (χ0v) is 16.1. The average molecular weight is 355 g/mol. The van der Waals surface area contributed by atoms with Crippen LogP contribution in [0, 0.1) is 17.2 Å². The molecule has 2 aliphatic rings. The Hall–Kier alpha value is -2.13. The first kappa shape index (κ1) is 18.7. The van der Waals surface area contributed by atoms with Gasteiger partial charge in [-0.25, -0.2) is 4.98 Å². The summed E-state index contributed by atoms with van der Waals surface area (Å²) in [6.45, 7) is 11.1. The average Bonchev–Trinajstić information content (AvgIpc) is 2.67. The SMILES string of the molecule is CC(C)N1CCN(C(=O)C2CCN(c3ccc(C#N)nc3)CC2)CC1C. The van der Waals surface area contributed by atoms with E-state index in [0.29, 0.717) is 23.7 Å². The fraction of sp³-hybridized carbons (Fsp3) is 0.650. The van der Waals surface area contributed by atoms with Crippen molar-refractivity contribution in [2.45, 2.75) is 45.7 Å². The van der Waals surface area contributed by atoms with E-state index in [2.05, 4.69) is 40.5 Å². The summed E-state index contributed by atoms with van der Waals surface area (Å²) < 4.78 is 0. The van der Waals surface area contributed by atoms with Gasteiger partial charge in [0, 0.05) is 50.7 Å². The maximum atomic E-state index is 12.9. The summed E-state index contributed by atoms with van der Waals surface area (Å²) >= 11 is 0. The van der Waals surface area contributed by atoms with E-state index in [4.69, 9.17) is 5.26 Å². The zero-order valence-electron chi connectivity index (χ0n) is 16.1. The molecule has 2 saturated heterocycles. The summed E-state index contributed by atoms with van der Waals surface area (Å²) in [5.74, 6) is 0.466. The molecule has 1 amide bonds. The molecule has 6 heteroatoms. The summed E-state index contributed by atoms with van der Waals surface area (Å²) in [6, 6.07) is 6.70. The molecular weight excluding hydrogens is 326 g/mol. The third-order valence-electron chi connectivity index (χ3n) is 5.73. The molecule has 26 heavy (non-hydrogen) atoms. The molecule has 140 valence electrons. The van der Waals surface area contributed by atoms with Gasteiger partial charge in [-0.1, -0.05) is 0 Å². The first-order valence-corrected chi connectivity index (χ1v) is 9.65. The van der Waals surface area contributed by atoms with Crippen molar-refractivity contribution in [3.63, 3.8) is 0 Å². The zero-order chi connectivity index (χ0) is 18.7. The largest absolute Gasteiger partial charge is 0.370 e. The van der Waals surface area contributed by atoms with Crippen molar-refractivity contribution < 1.29 is 4.79 Å². The third-order valence-corrected chi connectivity index (χ3v) is 5.73. The quantitative estimate of drug-likeness (QED) is 0.831. The lowest BCUT2D eigenvalue weighted by atomic mass is 9.94. The van der Waals surface area contributed by atoms with Crippen LogP contribution in [0.5, 0.6) is 0 Å². The lowest BCUT2D eigenvalue weighted by molar-refractivity contribution is -0.139. The van der Waals surface area contributed by atoms with Crippen LogP contribution in [0.25, 0.3) is 0 Å². The highest BCUT2D eigenvalue weighted by molar-refractivity contribution is 5.79. The number of aromatic nitrogens is 1. The fourth-order valence-electron chi connectivity index (χ4n) is 4.22. The van der Waals surface area contributed by atoms with Gasteiger partial charge in [-0.3, -0.25) is 9.69 Å². The predicted molar refractivity (Wildman–Crippen MR) is 102 cm³/mol. The molecule has 1 unspecified atom stereocenters. The van der Waals surface area contributed by atoms with E-state index in [1.165, 1.54) is 0 Å². The van der Waals surface area contributed by atoms with Crippen LogP contribution in [0.15, 0.2) is 18.3 Å². The summed E-state index contributed by atoms with van der Waals surface area (Å²) in [5.41, 5.74) is 1.47. The Balaban J connectivity index is 1.53. The molecule has 1 atom stereocenters. The number of hydrogen-bond acceptors (Lipinski definition) is 5. The van der Waals surface area contributed by atoms with Crippen molar-refractivity contribution in [3.8, 4) is 6.07 Å². The van der Waals surface area contributed by atoms with E-state index < -0.39 is 0 Å². The van der Waals surface area contributed by atoms with Crippen LogP contribution in [-0.2, 0) is 4.79 Å². The van der Waals surface area contributed by atoms with E-state index >= 15 is 0 Å². The summed E-state index contributed by atoms with van der Waals surface area (Å²) in [7, 11) is 0. The number of piperidine rings is 1. The van der Waals surface area contributed by atoms with Crippen molar-refractivity contribution in [3.05, 3.63) is 24.0 Å². The molecule has 6 nitrogen and oxygen atoms in total. The number of nitrogens with zero attached hydrogens (tertiary/aromatic N) is 5. The van der Waals surface area contributed by atoms with Gasteiger partial charge in [0.1, 0.15) is 11.8 Å². The summed E-state index contributed by atoms with van der Waals surface area (Å²) in [4.78, 5) is 23.9. The van der Waals surface area contributed by atoms with E-state index in [1.807, 2.05) is 12.1 Å². The van der Waals surface area contributed by atoms with Gasteiger partial charge >= 0.3 is 0 Å². The van der Waals surface area contributed by atoms with Gasteiger partial charge < -0.3 is 9.80 Å². The highest BCUT2D eigenvalue weighted by Crippen LogP contribution is 2.25. The minimum atomic E-state index is 0.135. The molecule has 0 aliphatic carbocycles. The number of carbonyl (C=O) groups excluding carboxylic acids is 1. The molecule has 3 heterocycles. The number of anilines is 1. The lowest BCUT2D eigenvalue weighted by Crippen LogP contribution is -2.57. The van der Waals surface area contributed by atoms with Gasteiger partial charge in [0.15, 0.2) is 0 Å². The van der Waals surface area contributed by atoms with Crippen LogP contribution >= 0.6 is 0 Å². The molecule has 2 fully saturated rings. The van der Waals surface area contributed by atoms with Gasteiger partial charge in [-0.15, -0.1) is 0 Å². The van der Waals surface area contributed by atoms with Gasteiger partial charge in [0.2, 0.25) is 5.91 Å². The highest BCUT2D eigenvalue weighted by atomic mass is 16.2. The Morgan fingerprint density at radius 2 is 1.96 bits per heavy atom. The Labute approximate surface area is 156 Å². The topological polar surface area (TPSA) is 63.5 Å². The maximum absolute atomic E-state index is 12.9. The minimum Gasteiger partial charge on any atom is -0.370 e. The third kappa shape index (κ3) is 3.99. The Morgan fingerprint density at radius 3 is 2.50 bits per heavy atom. The molecule has 3 rings (SSSR count). The Bertz CT molecular complexity index is 658. The maximum Gasteiger partial charge on any atom is 0.225 e. The summed E-state index contributed by atoms with van der Waals surface area (Å²) in [6.07, 6.45) is 3.53. The highest BCUT2D eigenvalue weighted by Gasteiger charge is 2.33. The van der Waals surface area contributed by atoms with E-state index in [0.717, 1.165) is 51.3 Å². The first-order valence-electron chi connectivity index (χ1n) is 9.65. The van der Waals surface area contributed by atoms with Gasteiger partial charge in [-0.2, -0.15) is 5.26 Å². The van der Waals surface area contributed by atoms with Crippen LogP contribution in [0.1, 0.15) is 39.3 Å². The van der Waals surface area contributed by atoms with Gasteiger partial charge in [-0.05, 0) is 45.7 Å². The van der Waals surface area contributed by atoms with Gasteiger partial charge in [0.05, 0.1) is 11.9 Å². The van der Waals surface area contributed by atoms with Crippen LogP contribution in [0.3, 0.4) is 0 Å². The molecule has 0 aromatic carbocycles. The second kappa shape index (κ2) is 8.05. The molecule has 1 aromatic heterocycles. The van der Waals surface area contributed by atoms with Gasteiger partial charge in [0.25, 0.3) is 0 Å². The lowest BCUT2D eigenvalue weighted by Gasteiger charge is -2.43. The van der Waals surface area contributed by atoms with Crippen LogP contribution in [-0.4, -0.2) is 65.5 Å². The minimum absolute atomic E-state index is 0.135. The number of carbonyl (C=O) groups is 1. The normalized spacial score (nSPS) is 22.5. The molecule has 0 saturated carbocycles. The molecule has 2 aliphatic heterocycles. The van der Waals surface area contributed by atoms with Crippen LogP contribution < -0.4 is 4.90 Å². The second-order valence-corrected chi connectivity index (χ2v) is 7.74. The van der Waals surface area contributed by atoms with E-state index in [-0.39, 0.29) is 5.92 Å². The Morgan fingerprint density at radius 1 is 1.23 bits per heavy atom.